The summed E-state index contributed by atoms with van der Waals surface area (Å²) in [5.41, 5.74) is 0. The largest absolute Gasteiger partial charge is 0.306 e. The van der Waals surface area contributed by atoms with Crippen molar-refractivity contribution >= 4 is 0 Å². The molecule has 0 aliphatic heterocycles. The highest BCUT2D eigenvalue weighted by Crippen LogP contribution is 2.20. The summed E-state index contributed by atoms with van der Waals surface area (Å²) in [6, 6.07) is 0. The first-order chi connectivity index (χ1) is 6.15. The van der Waals surface area contributed by atoms with Gasteiger partial charge in [-0.25, -0.2) is 0 Å². The summed E-state index contributed by atoms with van der Waals surface area (Å²) in [5.74, 6) is 1.60. The van der Waals surface area contributed by atoms with Crippen molar-refractivity contribution in [3.8, 4) is 0 Å². The Morgan fingerprint density at radius 1 is 1.38 bits per heavy atom. The van der Waals surface area contributed by atoms with Crippen LogP contribution in [0.2, 0.25) is 0 Å². The van der Waals surface area contributed by atoms with E-state index in [-0.39, 0.29) is 0 Å². The monoisotopic (exact) mass is 183 g/mol. The molecule has 0 aromatic carbocycles. The fourth-order valence-corrected chi connectivity index (χ4v) is 1.56. The van der Waals surface area contributed by atoms with Crippen LogP contribution in [0.15, 0.2) is 12.7 Å². The zero-order valence-electron chi connectivity index (χ0n) is 9.71. The van der Waals surface area contributed by atoms with Crippen molar-refractivity contribution in [2.75, 3.05) is 20.1 Å². The highest BCUT2D eigenvalue weighted by Gasteiger charge is 2.15. The molecule has 0 bridgehead atoms. The summed E-state index contributed by atoms with van der Waals surface area (Å²) in [4.78, 5) is 2.39. The molecule has 0 aliphatic rings. The normalized spacial score (nSPS) is 15.8. The van der Waals surface area contributed by atoms with Gasteiger partial charge in [0.05, 0.1) is 0 Å². The van der Waals surface area contributed by atoms with E-state index >= 15 is 0 Å². The molecule has 1 heteroatoms. The molecular weight excluding hydrogens is 158 g/mol. The van der Waals surface area contributed by atoms with Crippen LogP contribution in [0.25, 0.3) is 0 Å². The standard InChI is InChI=1S/C12H25N/c1-6-9-12(11(4)7-2)10-13(5)8-3/h6,11-12H,1,7-10H2,2-5H3. The van der Waals surface area contributed by atoms with Gasteiger partial charge in [0.15, 0.2) is 0 Å². The number of rotatable bonds is 7. The van der Waals surface area contributed by atoms with Crippen LogP contribution in [0.1, 0.15) is 33.6 Å². The smallest absolute Gasteiger partial charge is 0.00120 e. The average Bonchev–Trinajstić information content (AvgIpc) is 2.15. The molecular formula is C12H25N. The Morgan fingerprint density at radius 2 is 2.00 bits per heavy atom. The molecule has 0 saturated carbocycles. The maximum atomic E-state index is 3.83. The molecule has 0 aliphatic carbocycles. The second kappa shape index (κ2) is 7.14. The van der Waals surface area contributed by atoms with Crippen LogP contribution >= 0.6 is 0 Å². The quantitative estimate of drug-likeness (QED) is 0.548. The van der Waals surface area contributed by atoms with Gasteiger partial charge >= 0.3 is 0 Å². The van der Waals surface area contributed by atoms with E-state index in [4.69, 9.17) is 0 Å². The molecule has 0 aromatic heterocycles. The summed E-state index contributed by atoms with van der Waals surface area (Å²) in [6.07, 6.45) is 4.48. The highest BCUT2D eigenvalue weighted by atomic mass is 15.1. The van der Waals surface area contributed by atoms with E-state index in [1.807, 2.05) is 0 Å². The Labute approximate surface area is 83.8 Å². The van der Waals surface area contributed by atoms with Gasteiger partial charge < -0.3 is 4.90 Å². The van der Waals surface area contributed by atoms with E-state index in [0.717, 1.165) is 24.8 Å². The Hall–Kier alpha value is -0.300. The van der Waals surface area contributed by atoms with Crippen molar-refractivity contribution in [1.29, 1.82) is 0 Å². The Bertz CT molecular complexity index is 131. The molecule has 0 heterocycles. The van der Waals surface area contributed by atoms with Gasteiger partial charge in [0.1, 0.15) is 0 Å². The zero-order chi connectivity index (χ0) is 10.3. The van der Waals surface area contributed by atoms with Gasteiger partial charge in [-0.2, -0.15) is 0 Å². The molecule has 2 unspecified atom stereocenters. The third kappa shape index (κ3) is 5.09. The van der Waals surface area contributed by atoms with E-state index in [1.165, 1.54) is 13.0 Å². The number of hydrogen-bond donors (Lipinski definition) is 0. The lowest BCUT2D eigenvalue weighted by atomic mass is 9.88. The molecule has 0 amide bonds. The first kappa shape index (κ1) is 12.7. The van der Waals surface area contributed by atoms with Crippen molar-refractivity contribution in [2.24, 2.45) is 11.8 Å². The van der Waals surface area contributed by atoms with Crippen molar-refractivity contribution in [3.63, 3.8) is 0 Å². The lowest BCUT2D eigenvalue weighted by molar-refractivity contribution is 0.232. The van der Waals surface area contributed by atoms with Crippen molar-refractivity contribution in [3.05, 3.63) is 12.7 Å². The lowest BCUT2D eigenvalue weighted by Gasteiger charge is -2.26. The summed E-state index contributed by atoms with van der Waals surface area (Å²) < 4.78 is 0. The van der Waals surface area contributed by atoms with Gasteiger partial charge in [-0.15, -0.1) is 6.58 Å². The van der Waals surface area contributed by atoms with Crippen molar-refractivity contribution in [2.45, 2.75) is 33.6 Å². The molecule has 0 N–H and O–H groups in total. The lowest BCUT2D eigenvalue weighted by Crippen LogP contribution is -2.28. The predicted octanol–water partition coefficient (Wildman–Crippen LogP) is 3.18. The fraction of sp³-hybridized carbons (Fsp3) is 0.833. The SMILES string of the molecule is C=CCC(CN(C)CC)C(C)CC. The molecule has 0 radical (unpaired) electrons. The van der Waals surface area contributed by atoms with E-state index < -0.39 is 0 Å². The average molecular weight is 183 g/mol. The number of nitrogens with zero attached hydrogens (tertiary/aromatic N) is 1. The summed E-state index contributed by atoms with van der Waals surface area (Å²) in [7, 11) is 2.19. The third-order valence-electron chi connectivity index (χ3n) is 3.00. The predicted molar refractivity (Wildman–Crippen MR) is 60.9 cm³/mol. The minimum Gasteiger partial charge on any atom is -0.306 e. The first-order valence-corrected chi connectivity index (χ1v) is 5.45. The maximum Gasteiger partial charge on any atom is 0.00120 e. The molecule has 1 nitrogen and oxygen atoms in total. The topological polar surface area (TPSA) is 3.24 Å². The van der Waals surface area contributed by atoms with Crippen LogP contribution in [-0.4, -0.2) is 25.0 Å². The molecule has 0 rings (SSSR count). The van der Waals surface area contributed by atoms with E-state index in [2.05, 4.69) is 45.4 Å². The number of allylic oxidation sites excluding steroid dienone is 1. The van der Waals surface area contributed by atoms with Gasteiger partial charge in [-0.05, 0) is 31.8 Å². The minimum absolute atomic E-state index is 0.785. The Morgan fingerprint density at radius 3 is 2.38 bits per heavy atom. The van der Waals surface area contributed by atoms with Gasteiger partial charge in [-0.1, -0.05) is 33.3 Å². The van der Waals surface area contributed by atoms with Crippen LogP contribution in [0, 0.1) is 11.8 Å². The molecule has 78 valence electrons. The Kier molecular flexibility index (Phi) is 6.97. The molecule has 0 saturated heterocycles. The van der Waals surface area contributed by atoms with Crippen LogP contribution < -0.4 is 0 Å². The van der Waals surface area contributed by atoms with Crippen molar-refractivity contribution < 1.29 is 0 Å². The molecule has 2 atom stereocenters. The van der Waals surface area contributed by atoms with Crippen LogP contribution in [0.4, 0.5) is 0 Å². The van der Waals surface area contributed by atoms with E-state index in [1.54, 1.807) is 0 Å². The van der Waals surface area contributed by atoms with Crippen LogP contribution in [0.3, 0.4) is 0 Å². The van der Waals surface area contributed by atoms with E-state index in [9.17, 15) is 0 Å². The highest BCUT2D eigenvalue weighted by molar-refractivity contribution is 4.78. The maximum absolute atomic E-state index is 3.83. The minimum atomic E-state index is 0.785. The van der Waals surface area contributed by atoms with Crippen LogP contribution in [0.5, 0.6) is 0 Å². The van der Waals surface area contributed by atoms with Gasteiger partial charge in [0, 0.05) is 6.54 Å². The summed E-state index contributed by atoms with van der Waals surface area (Å²) >= 11 is 0. The second-order valence-corrected chi connectivity index (χ2v) is 4.02. The summed E-state index contributed by atoms with van der Waals surface area (Å²) in [6.45, 7) is 13.0. The van der Waals surface area contributed by atoms with Gasteiger partial charge in [0.25, 0.3) is 0 Å². The van der Waals surface area contributed by atoms with Gasteiger partial charge in [-0.3, -0.25) is 0 Å². The van der Waals surface area contributed by atoms with E-state index in [0.29, 0.717) is 0 Å². The third-order valence-corrected chi connectivity index (χ3v) is 3.00. The van der Waals surface area contributed by atoms with Crippen molar-refractivity contribution in [1.82, 2.24) is 4.90 Å². The first-order valence-electron chi connectivity index (χ1n) is 5.45. The van der Waals surface area contributed by atoms with Gasteiger partial charge in [0.2, 0.25) is 0 Å². The zero-order valence-corrected chi connectivity index (χ0v) is 9.71. The molecule has 0 aromatic rings. The fourth-order valence-electron chi connectivity index (χ4n) is 1.56. The second-order valence-electron chi connectivity index (χ2n) is 4.02. The number of hydrogen-bond acceptors (Lipinski definition) is 1. The molecule has 0 spiro atoms. The molecule has 13 heavy (non-hydrogen) atoms. The van der Waals surface area contributed by atoms with Crippen LogP contribution in [-0.2, 0) is 0 Å². The summed E-state index contributed by atoms with van der Waals surface area (Å²) in [5, 5.41) is 0. The Balaban J connectivity index is 3.99. The molecule has 0 fully saturated rings.